The third-order valence-corrected chi connectivity index (χ3v) is 3.62. The molecule has 0 saturated heterocycles. The summed E-state index contributed by atoms with van der Waals surface area (Å²) in [4.78, 5) is 23.4. The van der Waals surface area contributed by atoms with Crippen LogP contribution in [0.2, 0.25) is 5.02 Å². The molecule has 5 nitrogen and oxygen atoms in total. The number of anilines is 2. The lowest BCUT2D eigenvalue weighted by Gasteiger charge is -2.11. The lowest BCUT2D eigenvalue weighted by atomic mass is 10.1. The third-order valence-electron chi connectivity index (χ3n) is 3.38. The van der Waals surface area contributed by atoms with Crippen molar-refractivity contribution in [3.63, 3.8) is 0 Å². The lowest BCUT2D eigenvalue weighted by Crippen LogP contribution is -2.16. The van der Waals surface area contributed by atoms with Gasteiger partial charge in [0.25, 0.3) is 0 Å². The minimum atomic E-state index is -0.149. The van der Waals surface area contributed by atoms with Crippen LogP contribution in [0.4, 0.5) is 11.4 Å². The van der Waals surface area contributed by atoms with E-state index in [1.165, 1.54) is 6.92 Å². The molecule has 2 rings (SSSR count). The molecule has 0 aromatic heterocycles. The Bertz CT molecular complexity index is 747. The minimum Gasteiger partial charge on any atom is -0.495 e. The fraction of sp³-hybridized carbons (Fsp3) is 0.222. The molecule has 1 amide bonds. The molecule has 0 fully saturated rings. The van der Waals surface area contributed by atoms with Crippen molar-refractivity contribution in [1.29, 1.82) is 0 Å². The van der Waals surface area contributed by atoms with Crippen LogP contribution >= 0.6 is 11.6 Å². The van der Waals surface area contributed by atoms with Crippen LogP contribution in [-0.4, -0.2) is 25.3 Å². The molecule has 0 bridgehead atoms. The number of carbonyl (C=O) groups is 2. The molecule has 2 N–H and O–H groups in total. The number of hydrogen-bond donors (Lipinski definition) is 2. The van der Waals surface area contributed by atoms with E-state index >= 15 is 0 Å². The Morgan fingerprint density at radius 2 is 1.96 bits per heavy atom. The molecule has 2 aromatic carbocycles. The minimum absolute atomic E-state index is 0.0409. The molecule has 0 atom stereocenters. The molecular weight excluding hydrogens is 328 g/mol. The summed E-state index contributed by atoms with van der Waals surface area (Å²) in [6.07, 6.45) is 0.264. The molecule has 126 valence electrons. The standard InChI is InChI=1S/C18H19ClN2O3/c1-12(22)13-4-3-5-15(10-13)21-18(23)8-9-20-16-11-14(19)6-7-17(16)24-2/h3-7,10-11,20H,8-9H2,1-2H3,(H,21,23). The van der Waals surface area contributed by atoms with Crippen LogP contribution in [0.5, 0.6) is 5.75 Å². The number of nitrogens with one attached hydrogen (secondary N) is 2. The SMILES string of the molecule is COc1ccc(Cl)cc1NCCC(=O)Nc1cccc(C(C)=O)c1. The number of ketones is 1. The number of rotatable bonds is 7. The fourth-order valence-electron chi connectivity index (χ4n) is 2.17. The molecule has 0 aliphatic heterocycles. The zero-order chi connectivity index (χ0) is 17.5. The number of hydrogen-bond acceptors (Lipinski definition) is 4. The zero-order valence-corrected chi connectivity index (χ0v) is 14.3. The zero-order valence-electron chi connectivity index (χ0n) is 13.6. The highest BCUT2D eigenvalue weighted by Crippen LogP contribution is 2.27. The Kier molecular flexibility index (Phi) is 6.21. The van der Waals surface area contributed by atoms with Crippen LogP contribution in [0.15, 0.2) is 42.5 Å². The van der Waals surface area contributed by atoms with Gasteiger partial charge >= 0.3 is 0 Å². The van der Waals surface area contributed by atoms with E-state index in [9.17, 15) is 9.59 Å². The molecule has 0 spiro atoms. The Morgan fingerprint density at radius 1 is 1.17 bits per heavy atom. The smallest absolute Gasteiger partial charge is 0.226 e. The number of amides is 1. The average Bonchev–Trinajstić information content (AvgIpc) is 2.55. The number of methoxy groups -OCH3 is 1. The molecule has 0 unspecified atom stereocenters. The average molecular weight is 347 g/mol. The topological polar surface area (TPSA) is 67.4 Å². The second-order valence-electron chi connectivity index (χ2n) is 5.21. The van der Waals surface area contributed by atoms with E-state index < -0.39 is 0 Å². The number of carbonyl (C=O) groups excluding carboxylic acids is 2. The summed E-state index contributed by atoms with van der Waals surface area (Å²) in [5.41, 5.74) is 1.90. The maximum Gasteiger partial charge on any atom is 0.226 e. The van der Waals surface area contributed by atoms with Crippen LogP contribution < -0.4 is 15.4 Å². The number of Topliss-reactive ketones (excluding diaryl/α,β-unsaturated/α-hetero) is 1. The number of ether oxygens (including phenoxy) is 1. The van der Waals surface area contributed by atoms with Gasteiger partial charge in [-0.25, -0.2) is 0 Å². The van der Waals surface area contributed by atoms with Gasteiger partial charge in [0.05, 0.1) is 12.8 Å². The Hall–Kier alpha value is -2.53. The van der Waals surface area contributed by atoms with Gasteiger partial charge in [0.2, 0.25) is 5.91 Å². The van der Waals surface area contributed by atoms with Gasteiger partial charge < -0.3 is 15.4 Å². The first-order chi connectivity index (χ1) is 11.5. The normalized spacial score (nSPS) is 10.1. The Balaban J connectivity index is 1.89. The second kappa shape index (κ2) is 8.36. The van der Waals surface area contributed by atoms with Crippen LogP contribution in [0.1, 0.15) is 23.7 Å². The summed E-state index contributed by atoms with van der Waals surface area (Å²) >= 11 is 5.96. The molecule has 2 aromatic rings. The molecule has 0 aliphatic rings. The molecule has 6 heteroatoms. The third kappa shape index (κ3) is 4.99. The van der Waals surface area contributed by atoms with Crippen LogP contribution in [0.25, 0.3) is 0 Å². The molecule has 24 heavy (non-hydrogen) atoms. The van der Waals surface area contributed by atoms with E-state index in [0.29, 0.717) is 28.6 Å². The second-order valence-corrected chi connectivity index (χ2v) is 5.64. The van der Waals surface area contributed by atoms with Gasteiger partial charge in [0.1, 0.15) is 5.75 Å². The number of halogens is 1. The monoisotopic (exact) mass is 346 g/mol. The van der Waals surface area contributed by atoms with E-state index in [2.05, 4.69) is 10.6 Å². The van der Waals surface area contributed by atoms with Gasteiger partial charge in [-0.15, -0.1) is 0 Å². The van der Waals surface area contributed by atoms with Crippen molar-refractivity contribution < 1.29 is 14.3 Å². The lowest BCUT2D eigenvalue weighted by molar-refractivity contribution is -0.115. The summed E-state index contributed by atoms with van der Waals surface area (Å²) in [6, 6.07) is 12.1. The van der Waals surface area contributed by atoms with Crippen molar-refractivity contribution in [2.75, 3.05) is 24.3 Å². The summed E-state index contributed by atoms with van der Waals surface area (Å²) in [5, 5.41) is 6.49. The molecular formula is C18H19ClN2O3. The van der Waals surface area contributed by atoms with Crippen molar-refractivity contribution in [2.45, 2.75) is 13.3 Å². The van der Waals surface area contributed by atoms with Gasteiger partial charge in [-0.3, -0.25) is 9.59 Å². The van der Waals surface area contributed by atoms with Gasteiger partial charge in [-0.2, -0.15) is 0 Å². The van der Waals surface area contributed by atoms with Crippen molar-refractivity contribution in [1.82, 2.24) is 0 Å². The highest BCUT2D eigenvalue weighted by atomic mass is 35.5. The molecule has 0 aliphatic carbocycles. The Labute approximate surface area is 146 Å². The first-order valence-corrected chi connectivity index (χ1v) is 7.85. The van der Waals surface area contributed by atoms with E-state index in [0.717, 1.165) is 5.69 Å². The summed E-state index contributed by atoms with van der Waals surface area (Å²) < 4.78 is 5.24. The largest absolute Gasteiger partial charge is 0.495 e. The van der Waals surface area contributed by atoms with Gasteiger partial charge in [-0.05, 0) is 37.3 Å². The predicted molar refractivity (Wildman–Crippen MR) is 96.2 cm³/mol. The first kappa shape index (κ1) is 17.8. The van der Waals surface area contributed by atoms with Crippen LogP contribution in [0, 0.1) is 0 Å². The molecule has 0 saturated carbocycles. The van der Waals surface area contributed by atoms with E-state index in [4.69, 9.17) is 16.3 Å². The van der Waals surface area contributed by atoms with Crippen molar-refractivity contribution in [3.05, 3.63) is 53.1 Å². The maximum atomic E-state index is 12.0. The van der Waals surface area contributed by atoms with Crippen molar-refractivity contribution in [2.24, 2.45) is 0 Å². The van der Waals surface area contributed by atoms with Crippen molar-refractivity contribution in [3.8, 4) is 5.75 Å². The van der Waals surface area contributed by atoms with E-state index in [-0.39, 0.29) is 18.1 Å². The maximum absolute atomic E-state index is 12.0. The summed E-state index contributed by atoms with van der Waals surface area (Å²) in [5.74, 6) is 0.471. The molecule has 0 heterocycles. The van der Waals surface area contributed by atoms with Crippen molar-refractivity contribution >= 4 is 34.7 Å². The molecule has 0 radical (unpaired) electrons. The quantitative estimate of drug-likeness (QED) is 0.744. The highest BCUT2D eigenvalue weighted by molar-refractivity contribution is 6.30. The van der Waals surface area contributed by atoms with Gasteiger partial charge in [0.15, 0.2) is 5.78 Å². The summed E-state index contributed by atoms with van der Waals surface area (Å²) in [7, 11) is 1.57. The van der Waals surface area contributed by atoms with E-state index in [1.54, 1.807) is 49.6 Å². The number of benzene rings is 2. The van der Waals surface area contributed by atoms with Crippen LogP contribution in [-0.2, 0) is 4.79 Å². The van der Waals surface area contributed by atoms with Gasteiger partial charge in [-0.1, -0.05) is 23.7 Å². The van der Waals surface area contributed by atoms with Gasteiger partial charge in [0, 0.05) is 29.2 Å². The highest BCUT2D eigenvalue weighted by Gasteiger charge is 2.07. The predicted octanol–water partition coefficient (Wildman–Crippen LogP) is 3.99. The fourth-order valence-corrected chi connectivity index (χ4v) is 2.34. The van der Waals surface area contributed by atoms with E-state index in [1.807, 2.05) is 0 Å². The Morgan fingerprint density at radius 3 is 2.67 bits per heavy atom. The summed E-state index contributed by atoms with van der Waals surface area (Å²) in [6.45, 7) is 1.91. The van der Waals surface area contributed by atoms with Crippen LogP contribution in [0.3, 0.4) is 0 Å². The first-order valence-electron chi connectivity index (χ1n) is 7.48.